The van der Waals surface area contributed by atoms with Gasteiger partial charge in [-0.05, 0) is 51.0 Å². The quantitative estimate of drug-likeness (QED) is 0.546. The van der Waals surface area contributed by atoms with E-state index in [2.05, 4.69) is 10.0 Å². The summed E-state index contributed by atoms with van der Waals surface area (Å²) in [6, 6.07) is 3.45. The number of carbonyl (C=O) groups excluding carboxylic acids is 3. The van der Waals surface area contributed by atoms with Crippen LogP contribution in [0.3, 0.4) is 0 Å². The fourth-order valence-electron chi connectivity index (χ4n) is 2.07. The lowest BCUT2D eigenvalue weighted by molar-refractivity contribution is -0.150. The van der Waals surface area contributed by atoms with Crippen molar-refractivity contribution in [2.24, 2.45) is 5.92 Å². The number of sulfonamides is 1. The second-order valence-electron chi connectivity index (χ2n) is 7.66. The van der Waals surface area contributed by atoms with Crippen LogP contribution in [0.4, 0.5) is 4.79 Å². The van der Waals surface area contributed by atoms with Crippen LogP contribution in [0.5, 0.6) is 0 Å². The highest BCUT2D eigenvalue weighted by Crippen LogP contribution is 2.16. The van der Waals surface area contributed by atoms with Gasteiger partial charge < -0.3 is 10.1 Å². The van der Waals surface area contributed by atoms with Crippen LogP contribution in [0.2, 0.25) is 5.02 Å². The summed E-state index contributed by atoms with van der Waals surface area (Å²) in [7, 11) is -4.02. The van der Waals surface area contributed by atoms with E-state index < -0.39 is 52.0 Å². The highest BCUT2D eigenvalue weighted by molar-refractivity contribution is 7.89. The van der Waals surface area contributed by atoms with Crippen molar-refractivity contribution in [1.82, 2.24) is 15.4 Å². The van der Waals surface area contributed by atoms with Crippen molar-refractivity contribution in [1.29, 1.82) is 0 Å². The normalized spacial score (nSPS) is 12.9. The van der Waals surface area contributed by atoms with Crippen molar-refractivity contribution in [3.05, 3.63) is 29.3 Å². The number of imide groups is 1. The molecule has 11 heteroatoms. The number of hydrogen-bond donors (Lipinski definition) is 3. The summed E-state index contributed by atoms with van der Waals surface area (Å²) in [5.74, 6) is -2.25. The van der Waals surface area contributed by atoms with E-state index in [1.807, 2.05) is 5.32 Å². The van der Waals surface area contributed by atoms with Gasteiger partial charge in [-0.2, -0.15) is 4.72 Å². The molecule has 0 aromatic heterocycles. The first kappa shape index (κ1) is 24.9. The molecule has 0 fully saturated rings. The van der Waals surface area contributed by atoms with Crippen LogP contribution in [0.25, 0.3) is 0 Å². The average Bonchev–Trinajstić information content (AvgIpc) is 2.56. The standard InChI is InChI=1S/C18H26ClN3O6S/c1-11(2)15(22-29(26,27)13-8-6-12(19)7-9-13)16(24)28-10-14(23)20-17(25)21-18(3,4)5/h6-9,11,15,22H,10H2,1-5H3,(H2,20,21,23,25). The summed E-state index contributed by atoms with van der Waals surface area (Å²) in [5, 5.41) is 4.91. The summed E-state index contributed by atoms with van der Waals surface area (Å²) >= 11 is 5.75. The van der Waals surface area contributed by atoms with Crippen LogP contribution < -0.4 is 15.4 Å². The van der Waals surface area contributed by atoms with E-state index in [1.165, 1.54) is 24.3 Å². The summed E-state index contributed by atoms with van der Waals surface area (Å²) in [5.41, 5.74) is -0.552. The molecule has 0 spiro atoms. The minimum absolute atomic E-state index is 0.0723. The maximum atomic E-state index is 12.5. The molecule has 29 heavy (non-hydrogen) atoms. The smallest absolute Gasteiger partial charge is 0.324 e. The van der Waals surface area contributed by atoms with Crippen LogP contribution in [-0.4, -0.2) is 44.5 Å². The van der Waals surface area contributed by atoms with Gasteiger partial charge in [0.25, 0.3) is 5.91 Å². The van der Waals surface area contributed by atoms with E-state index in [4.69, 9.17) is 16.3 Å². The number of carbonyl (C=O) groups is 3. The molecule has 1 aromatic carbocycles. The lowest BCUT2D eigenvalue weighted by Gasteiger charge is -2.21. The first-order valence-corrected chi connectivity index (χ1v) is 10.6. The Morgan fingerprint density at radius 2 is 1.66 bits per heavy atom. The summed E-state index contributed by atoms with van der Waals surface area (Å²) in [6.45, 7) is 7.70. The zero-order chi connectivity index (χ0) is 22.4. The SMILES string of the molecule is CC(C)C(NS(=O)(=O)c1ccc(Cl)cc1)C(=O)OCC(=O)NC(=O)NC(C)(C)C. The Kier molecular flexibility index (Phi) is 8.61. The molecule has 0 aliphatic heterocycles. The molecule has 3 amide bonds. The number of rotatable bonds is 7. The minimum Gasteiger partial charge on any atom is -0.454 e. The van der Waals surface area contributed by atoms with Gasteiger partial charge in [0.1, 0.15) is 6.04 Å². The van der Waals surface area contributed by atoms with Gasteiger partial charge >= 0.3 is 12.0 Å². The number of benzene rings is 1. The second-order valence-corrected chi connectivity index (χ2v) is 9.81. The molecule has 0 heterocycles. The Morgan fingerprint density at radius 1 is 1.10 bits per heavy atom. The maximum Gasteiger partial charge on any atom is 0.324 e. The number of hydrogen-bond acceptors (Lipinski definition) is 6. The van der Waals surface area contributed by atoms with Crippen LogP contribution >= 0.6 is 11.6 Å². The molecule has 1 unspecified atom stereocenters. The summed E-state index contributed by atoms with van der Waals surface area (Å²) in [4.78, 5) is 35.7. The van der Waals surface area contributed by atoms with E-state index in [0.29, 0.717) is 5.02 Å². The van der Waals surface area contributed by atoms with Crippen molar-refractivity contribution in [3.63, 3.8) is 0 Å². The molecule has 0 saturated carbocycles. The Morgan fingerprint density at radius 3 is 2.14 bits per heavy atom. The zero-order valence-electron chi connectivity index (χ0n) is 16.9. The van der Waals surface area contributed by atoms with Crippen molar-refractivity contribution < 1.29 is 27.5 Å². The third-order valence-corrected chi connectivity index (χ3v) is 5.12. The molecule has 9 nitrogen and oxygen atoms in total. The van der Waals surface area contributed by atoms with Gasteiger partial charge in [0.2, 0.25) is 10.0 Å². The molecule has 0 aliphatic carbocycles. The molecule has 0 bridgehead atoms. The monoisotopic (exact) mass is 447 g/mol. The lowest BCUT2D eigenvalue weighted by atomic mass is 10.1. The number of amides is 3. The molecule has 0 aliphatic rings. The van der Waals surface area contributed by atoms with Crippen molar-refractivity contribution in [2.75, 3.05) is 6.61 Å². The number of urea groups is 1. The Bertz CT molecular complexity index is 847. The van der Waals surface area contributed by atoms with Gasteiger partial charge in [-0.1, -0.05) is 25.4 Å². The van der Waals surface area contributed by atoms with Crippen LogP contribution in [-0.2, 0) is 24.3 Å². The molecule has 1 rings (SSSR count). The summed E-state index contributed by atoms with van der Waals surface area (Å²) < 4.78 is 32.1. The van der Waals surface area contributed by atoms with Gasteiger partial charge in [0, 0.05) is 10.6 Å². The fourth-order valence-corrected chi connectivity index (χ4v) is 3.53. The van der Waals surface area contributed by atoms with Crippen LogP contribution in [0.1, 0.15) is 34.6 Å². The lowest BCUT2D eigenvalue weighted by Crippen LogP contribution is -2.50. The zero-order valence-corrected chi connectivity index (χ0v) is 18.5. The van der Waals surface area contributed by atoms with Gasteiger partial charge in [-0.25, -0.2) is 13.2 Å². The van der Waals surface area contributed by atoms with Crippen molar-refractivity contribution >= 4 is 39.5 Å². The van der Waals surface area contributed by atoms with Gasteiger partial charge in [0.05, 0.1) is 4.90 Å². The number of halogens is 1. The molecule has 0 radical (unpaired) electrons. The van der Waals surface area contributed by atoms with Gasteiger partial charge in [0.15, 0.2) is 6.61 Å². The van der Waals surface area contributed by atoms with E-state index in [9.17, 15) is 22.8 Å². The maximum absolute atomic E-state index is 12.5. The predicted molar refractivity (Wildman–Crippen MR) is 108 cm³/mol. The van der Waals surface area contributed by atoms with Gasteiger partial charge in [-0.15, -0.1) is 0 Å². The van der Waals surface area contributed by atoms with E-state index in [0.717, 1.165) is 0 Å². The highest BCUT2D eigenvalue weighted by atomic mass is 35.5. The predicted octanol–water partition coefficient (Wildman–Crippen LogP) is 1.81. The van der Waals surface area contributed by atoms with E-state index in [-0.39, 0.29) is 4.90 Å². The van der Waals surface area contributed by atoms with Crippen molar-refractivity contribution in [2.45, 2.75) is 51.1 Å². The molecular formula is C18H26ClN3O6S. The topological polar surface area (TPSA) is 131 Å². The minimum atomic E-state index is -4.02. The first-order chi connectivity index (χ1) is 13.2. The van der Waals surface area contributed by atoms with E-state index in [1.54, 1.807) is 34.6 Å². The number of nitrogens with one attached hydrogen (secondary N) is 3. The third-order valence-electron chi connectivity index (χ3n) is 3.41. The molecule has 0 saturated heterocycles. The average molecular weight is 448 g/mol. The van der Waals surface area contributed by atoms with Gasteiger partial charge in [-0.3, -0.25) is 14.9 Å². The number of ether oxygens (including phenoxy) is 1. The first-order valence-electron chi connectivity index (χ1n) is 8.78. The Labute approximate surface area is 175 Å². The molecular weight excluding hydrogens is 422 g/mol. The number of esters is 1. The third kappa shape index (κ3) is 8.80. The van der Waals surface area contributed by atoms with Crippen LogP contribution in [0.15, 0.2) is 29.2 Å². The molecule has 1 aromatic rings. The summed E-state index contributed by atoms with van der Waals surface area (Å²) in [6.07, 6.45) is 0. The molecule has 3 N–H and O–H groups in total. The molecule has 1 atom stereocenters. The van der Waals surface area contributed by atoms with Crippen LogP contribution in [0, 0.1) is 5.92 Å². The fraction of sp³-hybridized carbons (Fsp3) is 0.500. The van der Waals surface area contributed by atoms with Crippen molar-refractivity contribution in [3.8, 4) is 0 Å². The molecule has 162 valence electrons. The largest absolute Gasteiger partial charge is 0.454 e. The highest BCUT2D eigenvalue weighted by Gasteiger charge is 2.30. The second kappa shape index (κ2) is 10.0. The van der Waals surface area contributed by atoms with E-state index >= 15 is 0 Å². The Hall–Kier alpha value is -2.17. The Balaban J connectivity index is 2.72.